The second-order valence-electron chi connectivity index (χ2n) is 2.14. The van der Waals surface area contributed by atoms with E-state index in [1.54, 1.807) is 0 Å². The zero-order valence-electron chi connectivity index (χ0n) is 6.23. The quantitative estimate of drug-likeness (QED) is 0.373. The minimum Gasteiger partial charge on any atom is -0.396 e. The Balaban J connectivity index is 2.76. The molecule has 2 rings (SSSR count). The number of fused-ring (bicyclic) bond motifs is 1. The van der Waals surface area contributed by atoms with E-state index in [-0.39, 0.29) is 5.82 Å². The molecule has 2 aromatic rings. The molecule has 0 aromatic carbocycles. The van der Waals surface area contributed by atoms with Crippen LogP contribution in [-0.2, 0) is 0 Å². The van der Waals surface area contributed by atoms with Crippen molar-refractivity contribution in [3.8, 4) is 0 Å². The molecule has 9 nitrogen and oxygen atoms in total. The molecule has 13 heavy (non-hydrogen) atoms. The molecule has 64 valence electrons. The van der Waals surface area contributed by atoms with E-state index < -0.39 is 0 Å². The Morgan fingerprint density at radius 1 is 1.62 bits per heavy atom. The van der Waals surface area contributed by atoms with Crippen molar-refractivity contribution in [3.05, 3.63) is 16.5 Å². The first kappa shape index (κ1) is 7.25. The van der Waals surface area contributed by atoms with Crippen molar-refractivity contribution in [2.45, 2.75) is 0 Å². The molecule has 0 aliphatic carbocycles. The van der Waals surface area contributed by atoms with Crippen molar-refractivity contribution in [2.24, 2.45) is 5.11 Å². The van der Waals surface area contributed by atoms with Gasteiger partial charge in [0.05, 0.1) is 5.69 Å². The largest absolute Gasteiger partial charge is 0.396 e. The third kappa shape index (κ3) is 1.08. The Kier molecular flexibility index (Phi) is 1.43. The van der Waals surface area contributed by atoms with Gasteiger partial charge in [-0.05, 0) is 27.1 Å². The van der Waals surface area contributed by atoms with Crippen LogP contribution in [0.3, 0.4) is 0 Å². The highest BCUT2D eigenvalue weighted by Gasteiger charge is 2.04. The summed E-state index contributed by atoms with van der Waals surface area (Å²) in [6, 6.07) is 1.39. The number of nitrogens with two attached hydrogens (primary N) is 1. The van der Waals surface area contributed by atoms with E-state index in [1.807, 2.05) is 0 Å². The van der Waals surface area contributed by atoms with Crippen molar-refractivity contribution in [2.75, 3.05) is 5.73 Å². The average Bonchev–Trinajstić information content (AvgIpc) is 2.53. The van der Waals surface area contributed by atoms with Crippen LogP contribution in [-0.4, -0.2) is 25.3 Å². The van der Waals surface area contributed by atoms with Crippen LogP contribution in [0.25, 0.3) is 16.1 Å². The lowest BCUT2D eigenvalue weighted by Crippen LogP contribution is -1.97. The number of rotatable bonds is 1. The Morgan fingerprint density at radius 3 is 3.23 bits per heavy atom. The van der Waals surface area contributed by atoms with Crippen LogP contribution in [0.1, 0.15) is 0 Å². The summed E-state index contributed by atoms with van der Waals surface area (Å²) in [5.41, 5.74) is 14.3. The molecular weight excluding hydrogens is 174 g/mol. The van der Waals surface area contributed by atoms with E-state index in [0.29, 0.717) is 11.3 Å². The molecule has 0 aliphatic rings. The Hall–Kier alpha value is -2.41. The summed E-state index contributed by atoms with van der Waals surface area (Å²) in [7, 11) is 0. The molecule has 0 saturated carbocycles. The van der Waals surface area contributed by atoms with E-state index in [2.05, 4.69) is 30.7 Å². The second-order valence-corrected chi connectivity index (χ2v) is 2.14. The number of nitrogens with zero attached hydrogens (tertiary/aromatic N) is 8. The Bertz CT molecular complexity index is 491. The lowest BCUT2D eigenvalue weighted by molar-refractivity contribution is 0.734. The molecule has 0 spiro atoms. The molecule has 2 heterocycles. The van der Waals surface area contributed by atoms with Gasteiger partial charge in [0.1, 0.15) is 0 Å². The van der Waals surface area contributed by atoms with E-state index in [4.69, 9.17) is 11.3 Å². The lowest BCUT2D eigenvalue weighted by atomic mass is 10.4. The molecule has 0 aliphatic heterocycles. The van der Waals surface area contributed by atoms with E-state index in [9.17, 15) is 0 Å². The molecule has 9 heteroatoms. The summed E-state index contributed by atoms with van der Waals surface area (Å²) in [5.74, 6) is 0.125. The van der Waals surface area contributed by atoms with Gasteiger partial charge in [-0.1, -0.05) is 0 Å². The minimum atomic E-state index is 0.125. The van der Waals surface area contributed by atoms with Crippen LogP contribution in [0.2, 0.25) is 0 Å². The first-order chi connectivity index (χ1) is 6.31. The zero-order chi connectivity index (χ0) is 9.26. The van der Waals surface area contributed by atoms with Gasteiger partial charge in [0.2, 0.25) is 5.65 Å². The van der Waals surface area contributed by atoms with Gasteiger partial charge in [-0.25, -0.2) is 0 Å². The summed E-state index contributed by atoms with van der Waals surface area (Å²) in [4.78, 5) is 2.56. The SMILES string of the molecule is [N-]=[N+]=Nc1cc(N)c2nnnn2n1. The Morgan fingerprint density at radius 2 is 2.46 bits per heavy atom. The van der Waals surface area contributed by atoms with Crippen LogP contribution in [0.5, 0.6) is 0 Å². The first-order valence-electron chi connectivity index (χ1n) is 3.21. The molecular formula is C4H3N9. The number of hydrogen-bond donors (Lipinski definition) is 1. The molecule has 0 amide bonds. The third-order valence-electron chi connectivity index (χ3n) is 1.34. The Labute approximate surface area is 70.8 Å². The smallest absolute Gasteiger partial charge is 0.222 e. The maximum Gasteiger partial charge on any atom is 0.222 e. The van der Waals surface area contributed by atoms with Crippen molar-refractivity contribution in [1.29, 1.82) is 0 Å². The fourth-order valence-electron chi connectivity index (χ4n) is 0.847. The highest BCUT2D eigenvalue weighted by Crippen LogP contribution is 2.15. The third-order valence-corrected chi connectivity index (χ3v) is 1.34. The van der Waals surface area contributed by atoms with Crippen molar-refractivity contribution < 1.29 is 0 Å². The molecule has 0 radical (unpaired) electrons. The summed E-state index contributed by atoms with van der Waals surface area (Å²) in [6.45, 7) is 0. The number of nitrogen functional groups attached to an aromatic ring is 1. The fourth-order valence-corrected chi connectivity index (χ4v) is 0.847. The van der Waals surface area contributed by atoms with Gasteiger partial charge in [-0.3, -0.25) is 0 Å². The molecule has 0 bridgehead atoms. The van der Waals surface area contributed by atoms with Crippen LogP contribution < -0.4 is 5.73 Å². The normalized spacial score (nSPS) is 9.85. The number of tetrazole rings is 1. The maximum atomic E-state index is 8.15. The highest BCUT2D eigenvalue weighted by molar-refractivity contribution is 5.65. The number of anilines is 1. The van der Waals surface area contributed by atoms with Gasteiger partial charge < -0.3 is 5.73 Å². The van der Waals surface area contributed by atoms with Crippen LogP contribution in [0, 0.1) is 0 Å². The summed E-state index contributed by atoms with van der Waals surface area (Å²) >= 11 is 0. The predicted octanol–water partition coefficient (Wildman–Crippen LogP) is 0.0433. The summed E-state index contributed by atoms with van der Waals surface area (Å²) < 4.78 is 1.10. The second kappa shape index (κ2) is 2.57. The van der Waals surface area contributed by atoms with Crippen molar-refractivity contribution in [3.63, 3.8) is 0 Å². The van der Waals surface area contributed by atoms with Crippen LogP contribution in [0.4, 0.5) is 11.5 Å². The molecule has 2 N–H and O–H groups in total. The first-order valence-corrected chi connectivity index (χ1v) is 3.21. The van der Waals surface area contributed by atoms with E-state index in [0.717, 1.165) is 4.63 Å². The summed E-state index contributed by atoms with van der Waals surface area (Å²) in [6.07, 6.45) is 0. The number of azide groups is 1. The molecule has 0 fully saturated rings. The molecule has 2 aromatic heterocycles. The minimum absolute atomic E-state index is 0.125. The van der Waals surface area contributed by atoms with E-state index in [1.165, 1.54) is 6.07 Å². The van der Waals surface area contributed by atoms with Gasteiger partial charge in [-0.2, -0.15) is 0 Å². The topological polar surface area (TPSA) is 131 Å². The zero-order valence-corrected chi connectivity index (χ0v) is 6.23. The lowest BCUT2D eigenvalue weighted by Gasteiger charge is -1.94. The predicted molar refractivity (Wildman–Crippen MR) is 41.8 cm³/mol. The van der Waals surface area contributed by atoms with Gasteiger partial charge in [0.25, 0.3) is 0 Å². The fraction of sp³-hybridized carbons (Fsp3) is 0. The van der Waals surface area contributed by atoms with Crippen molar-refractivity contribution >= 4 is 17.2 Å². The van der Waals surface area contributed by atoms with Crippen molar-refractivity contribution in [1.82, 2.24) is 25.3 Å². The monoisotopic (exact) mass is 177 g/mol. The number of aromatic nitrogens is 5. The number of hydrogen-bond acceptors (Lipinski definition) is 6. The molecule has 0 unspecified atom stereocenters. The molecule has 0 saturated heterocycles. The van der Waals surface area contributed by atoms with Crippen LogP contribution >= 0.6 is 0 Å². The van der Waals surface area contributed by atoms with Gasteiger partial charge in [-0.15, -0.1) is 14.8 Å². The van der Waals surface area contributed by atoms with Gasteiger partial charge >= 0.3 is 0 Å². The standard InChI is InChI=1S/C4H3N9/c5-2-1-3(7-10-6)9-13-4(2)8-11-12-13/h1H,5H2. The molecule has 0 atom stereocenters. The average molecular weight is 177 g/mol. The van der Waals surface area contributed by atoms with Gasteiger partial charge in [0.15, 0.2) is 5.82 Å². The van der Waals surface area contributed by atoms with E-state index >= 15 is 0 Å². The van der Waals surface area contributed by atoms with Crippen LogP contribution in [0.15, 0.2) is 11.2 Å². The summed E-state index contributed by atoms with van der Waals surface area (Å²) in [5, 5.41) is 17.5. The highest BCUT2D eigenvalue weighted by atomic mass is 15.6. The van der Waals surface area contributed by atoms with Gasteiger partial charge in [0, 0.05) is 4.91 Å². The maximum absolute atomic E-state index is 8.15.